The van der Waals surface area contributed by atoms with Crippen LogP contribution in [0.4, 0.5) is 16.2 Å². The van der Waals surface area contributed by atoms with Crippen molar-refractivity contribution in [1.82, 2.24) is 0 Å². The Morgan fingerprint density at radius 1 is 0.775 bits per heavy atom. The van der Waals surface area contributed by atoms with Crippen LogP contribution < -0.4 is 14.5 Å². The van der Waals surface area contributed by atoms with Gasteiger partial charge in [0, 0.05) is 0 Å². The minimum atomic E-state index is -0.996. The fourth-order valence-corrected chi connectivity index (χ4v) is 4.83. The number of para-hydroxylation sites is 2. The molecule has 1 aliphatic rings. The van der Waals surface area contributed by atoms with E-state index in [1.54, 1.807) is 91.0 Å². The third-order valence-corrected chi connectivity index (χ3v) is 6.98. The summed E-state index contributed by atoms with van der Waals surface area (Å²) >= 11 is 2.10. The van der Waals surface area contributed by atoms with Gasteiger partial charge in [-0.15, -0.1) is 0 Å². The molecule has 40 heavy (non-hydrogen) atoms. The van der Waals surface area contributed by atoms with E-state index in [0.29, 0.717) is 22.7 Å². The highest BCUT2D eigenvalue weighted by molar-refractivity contribution is 14.1. The summed E-state index contributed by atoms with van der Waals surface area (Å²) in [7, 11) is 0. The number of imide groups is 2. The van der Waals surface area contributed by atoms with E-state index in [1.165, 1.54) is 18.2 Å². The Labute approximate surface area is 243 Å². The van der Waals surface area contributed by atoms with E-state index >= 15 is 0 Å². The molecule has 1 aliphatic heterocycles. The third-order valence-electron chi connectivity index (χ3n) is 6.14. The normalized spacial score (nSPS) is 13.4. The van der Waals surface area contributed by atoms with Crippen molar-refractivity contribution in [1.29, 1.82) is 0 Å². The molecule has 0 bridgehead atoms. The minimum Gasteiger partial charge on any atom is -0.488 e. The van der Waals surface area contributed by atoms with Crippen molar-refractivity contribution in [3.8, 4) is 5.75 Å². The van der Waals surface area contributed by atoms with Crippen molar-refractivity contribution in [2.24, 2.45) is 0 Å². The summed E-state index contributed by atoms with van der Waals surface area (Å²) in [6, 6.07) is 27.8. The zero-order chi connectivity index (χ0) is 28.2. The molecule has 1 fully saturated rings. The molecule has 9 heteroatoms. The van der Waals surface area contributed by atoms with Gasteiger partial charge in [0.2, 0.25) is 0 Å². The number of anilines is 2. The number of carbonyl (C=O) groups is 4. The molecular formula is C31H21IN2O6. The lowest BCUT2D eigenvalue weighted by atomic mass is 10.0. The van der Waals surface area contributed by atoms with Gasteiger partial charge in [-0.05, 0) is 88.3 Å². The van der Waals surface area contributed by atoms with Crippen LogP contribution in [0.3, 0.4) is 0 Å². The second-order valence-electron chi connectivity index (χ2n) is 8.77. The van der Waals surface area contributed by atoms with Crippen LogP contribution in [-0.4, -0.2) is 28.9 Å². The van der Waals surface area contributed by atoms with Crippen LogP contribution in [0, 0.1) is 3.57 Å². The lowest BCUT2D eigenvalue weighted by molar-refractivity contribution is -0.121. The van der Waals surface area contributed by atoms with E-state index < -0.39 is 23.8 Å². The lowest BCUT2D eigenvalue weighted by Gasteiger charge is -2.33. The molecule has 5 rings (SSSR count). The third kappa shape index (κ3) is 5.50. The Hall–Kier alpha value is -4.77. The Morgan fingerprint density at radius 3 is 1.82 bits per heavy atom. The predicted octanol–water partition coefficient (Wildman–Crippen LogP) is 6.15. The highest BCUT2D eigenvalue weighted by Crippen LogP contribution is 2.30. The first-order valence-corrected chi connectivity index (χ1v) is 13.2. The SMILES string of the molecule is O=C(O)c1ccc(COc2ccc(C=C3C(=O)N(c4ccccc4)C(=O)N(c4ccccc4)C3=O)cc2I)cc1. The van der Waals surface area contributed by atoms with E-state index in [4.69, 9.17) is 9.84 Å². The monoisotopic (exact) mass is 644 g/mol. The fourth-order valence-electron chi connectivity index (χ4n) is 4.13. The van der Waals surface area contributed by atoms with E-state index in [9.17, 15) is 19.2 Å². The smallest absolute Gasteiger partial charge is 0.343 e. The van der Waals surface area contributed by atoms with Gasteiger partial charge in [0.25, 0.3) is 11.8 Å². The maximum atomic E-state index is 13.5. The van der Waals surface area contributed by atoms with E-state index in [0.717, 1.165) is 18.9 Å². The van der Waals surface area contributed by atoms with Crippen molar-refractivity contribution in [3.05, 3.63) is 129 Å². The zero-order valence-electron chi connectivity index (χ0n) is 20.9. The Balaban J connectivity index is 1.44. The molecule has 8 nitrogen and oxygen atoms in total. The lowest BCUT2D eigenvalue weighted by Crippen LogP contribution is -2.57. The summed E-state index contributed by atoms with van der Waals surface area (Å²) < 4.78 is 6.64. The first-order valence-electron chi connectivity index (χ1n) is 12.1. The second kappa shape index (κ2) is 11.5. The van der Waals surface area contributed by atoms with Gasteiger partial charge in [-0.3, -0.25) is 9.59 Å². The van der Waals surface area contributed by atoms with Crippen molar-refractivity contribution in [2.45, 2.75) is 6.61 Å². The van der Waals surface area contributed by atoms with Crippen LogP contribution in [0.2, 0.25) is 0 Å². The standard InChI is InChI=1S/C31H21IN2O6/c32-26-18-21(13-16-27(26)40-19-20-11-14-22(15-12-20)30(37)38)17-25-28(35)33(23-7-3-1-4-8-23)31(39)34(29(25)36)24-9-5-2-6-10-24/h1-18H,19H2,(H,37,38). The molecule has 0 unspecified atom stereocenters. The van der Waals surface area contributed by atoms with Crippen LogP contribution in [0.15, 0.2) is 109 Å². The number of urea groups is 1. The number of halogens is 1. The van der Waals surface area contributed by atoms with Crippen molar-refractivity contribution < 1.29 is 29.0 Å². The zero-order valence-corrected chi connectivity index (χ0v) is 23.0. The van der Waals surface area contributed by atoms with Crippen molar-refractivity contribution >= 4 is 63.9 Å². The highest BCUT2D eigenvalue weighted by Gasteiger charge is 2.43. The maximum absolute atomic E-state index is 13.5. The van der Waals surface area contributed by atoms with Crippen LogP contribution in [0.25, 0.3) is 6.08 Å². The van der Waals surface area contributed by atoms with Crippen LogP contribution in [0.1, 0.15) is 21.5 Å². The van der Waals surface area contributed by atoms with Gasteiger partial charge in [-0.1, -0.05) is 54.6 Å². The molecule has 1 heterocycles. The number of benzene rings is 4. The number of hydrogen-bond donors (Lipinski definition) is 1. The van der Waals surface area contributed by atoms with E-state index in [-0.39, 0.29) is 17.7 Å². The number of rotatable bonds is 7. The van der Waals surface area contributed by atoms with Crippen molar-refractivity contribution in [3.63, 3.8) is 0 Å². The Morgan fingerprint density at radius 2 is 1.32 bits per heavy atom. The summed E-state index contributed by atoms with van der Waals surface area (Å²) in [5.41, 5.74) is 2.13. The Kier molecular flexibility index (Phi) is 7.74. The number of amides is 4. The molecule has 4 amide bonds. The molecule has 0 aromatic heterocycles. The topological polar surface area (TPSA) is 104 Å². The van der Waals surface area contributed by atoms with Crippen LogP contribution in [-0.2, 0) is 16.2 Å². The highest BCUT2D eigenvalue weighted by atomic mass is 127. The number of carbonyl (C=O) groups excluding carboxylic acids is 3. The first-order chi connectivity index (χ1) is 19.3. The molecule has 1 saturated heterocycles. The minimum absolute atomic E-state index is 0.157. The molecular weight excluding hydrogens is 623 g/mol. The summed E-state index contributed by atoms with van der Waals surface area (Å²) in [6.07, 6.45) is 1.47. The average Bonchev–Trinajstić information content (AvgIpc) is 2.96. The van der Waals surface area contributed by atoms with Gasteiger partial charge in [-0.25, -0.2) is 19.4 Å². The number of aromatic carboxylic acids is 1. The molecule has 0 aliphatic carbocycles. The molecule has 0 saturated carbocycles. The predicted molar refractivity (Wildman–Crippen MR) is 158 cm³/mol. The van der Waals surface area contributed by atoms with E-state index in [1.807, 2.05) is 0 Å². The van der Waals surface area contributed by atoms with Gasteiger partial charge < -0.3 is 9.84 Å². The molecule has 0 atom stereocenters. The number of hydrogen-bond acceptors (Lipinski definition) is 5. The van der Waals surface area contributed by atoms with E-state index in [2.05, 4.69) is 22.6 Å². The maximum Gasteiger partial charge on any atom is 0.343 e. The summed E-state index contributed by atoms with van der Waals surface area (Å²) in [5, 5.41) is 9.05. The molecule has 198 valence electrons. The van der Waals surface area contributed by atoms with Gasteiger partial charge in [0.15, 0.2) is 0 Å². The largest absolute Gasteiger partial charge is 0.488 e. The number of nitrogens with zero attached hydrogens (tertiary/aromatic N) is 2. The fraction of sp³-hybridized carbons (Fsp3) is 0.0323. The van der Waals surface area contributed by atoms with Gasteiger partial charge in [0.1, 0.15) is 17.9 Å². The summed E-state index contributed by atoms with van der Waals surface area (Å²) in [4.78, 5) is 53.5. The van der Waals surface area contributed by atoms with Crippen LogP contribution >= 0.6 is 22.6 Å². The van der Waals surface area contributed by atoms with Gasteiger partial charge in [-0.2, -0.15) is 0 Å². The summed E-state index contributed by atoms with van der Waals surface area (Å²) in [6.45, 7) is 0.230. The first kappa shape index (κ1) is 26.8. The quantitative estimate of drug-likeness (QED) is 0.147. The van der Waals surface area contributed by atoms with Crippen molar-refractivity contribution in [2.75, 3.05) is 9.80 Å². The number of ether oxygens (including phenoxy) is 1. The van der Waals surface area contributed by atoms with Gasteiger partial charge >= 0.3 is 12.0 Å². The van der Waals surface area contributed by atoms with Crippen LogP contribution in [0.5, 0.6) is 5.75 Å². The number of carboxylic acids is 1. The number of barbiturate groups is 1. The molecule has 1 N–H and O–H groups in total. The average molecular weight is 644 g/mol. The summed E-state index contributed by atoms with van der Waals surface area (Å²) in [5.74, 6) is -1.84. The number of carboxylic acid groups (broad SMARTS) is 1. The van der Waals surface area contributed by atoms with Gasteiger partial charge in [0.05, 0.1) is 20.5 Å². The second-order valence-corrected chi connectivity index (χ2v) is 9.94. The molecule has 4 aromatic carbocycles. The molecule has 4 aromatic rings. The molecule has 0 spiro atoms. The Bertz CT molecular complexity index is 1570. The molecule has 0 radical (unpaired) electrons.